The number of hydrogen-bond donors (Lipinski definition) is 4. The lowest BCUT2D eigenvalue weighted by atomic mass is 10.0. The fraction of sp³-hybridized carbons (Fsp3) is 0.364. The summed E-state index contributed by atoms with van der Waals surface area (Å²) in [4.78, 5) is 22.6. The highest BCUT2D eigenvalue weighted by Crippen LogP contribution is 2.22. The molecule has 1 saturated heterocycles. The second-order valence-corrected chi connectivity index (χ2v) is 7.97. The van der Waals surface area contributed by atoms with Gasteiger partial charge in [-0.15, -0.1) is 0 Å². The van der Waals surface area contributed by atoms with Crippen LogP contribution in [0.25, 0.3) is 0 Å². The monoisotopic (exact) mass is 466 g/mol. The van der Waals surface area contributed by atoms with Crippen molar-refractivity contribution in [1.82, 2.24) is 10.2 Å². The molecule has 1 aliphatic rings. The average Bonchev–Trinajstić information content (AvgIpc) is 2.77. The number of anilines is 1. The average molecular weight is 467 g/mol. The van der Waals surface area contributed by atoms with E-state index in [-0.39, 0.29) is 12.5 Å². The molecule has 0 unspecified atom stereocenters. The van der Waals surface area contributed by atoms with Crippen LogP contribution in [0.3, 0.4) is 0 Å². The molecule has 1 aliphatic heterocycles. The van der Waals surface area contributed by atoms with E-state index in [4.69, 9.17) is 38.8 Å². The van der Waals surface area contributed by atoms with E-state index in [2.05, 4.69) is 34.9 Å². The number of piperidine rings is 1. The van der Waals surface area contributed by atoms with Crippen LogP contribution in [0.2, 0.25) is 10.0 Å². The molecule has 0 saturated carbocycles. The minimum atomic E-state index is -0.250. The first-order valence-corrected chi connectivity index (χ1v) is 10.8. The van der Waals surface area contributed by atoms with Crippen LogP contribution in [0.4, 0.5) is 10.5 Å². The van der Waals surface area contributed by atoms with Crippen molar-refractivity contribution in [2.24, 2.45) is 5.73 Å². The minimum Gasteiger partial charge on any atom is -0.483 e. The zero-order chi connectivity index (χ0) is 22.6. The van der Waals surface area contributed by atoms with E-state index in [9.17, 15) is 4.79 Å². The lowest BCUT2D eigenvalue weighted by Crippen LogP contribution is -2.46. The Labute approximate surface area is 192 Å². The van der Waals surface area contributed by atoms with Crippen molar-refractivity contribution < 1.29 is 14.7 Å². The zero-order valence-corrected chi connectivity index (χ0v) is 18.7. The molecular weight excluding hydrogens is 439 g/mol. The van der Waals surface area contributed by atoms with Crippen molar-refractivity contribution >= 4 is 41.4 Å². The highest BCUT2D eigenvalue weighted by atomic mass is 35.5. The Bertz CT molecular complexity index is 841. The van der Waals surface area contributed by atoms with Crippen molar-refractivity contribution in [1.29, 1.82) is 0 Å². The van der Waals surface area contributed by atoms with Gasteiger partial charge in [0, 0.05) is 31.4 Å². The van der Waals surface area contributed by atoms with Crippen LogP contribution in [0.15, 0.2) is 42.5 Å². The molecule has 168 valence electrons. The number of carbonyl (C=O) groups excluding carboxylic acids is 1. The normalized spacial score (nSPS) is 13.7. The highest BCUT2D eigenvalue weighted by molar-refractivity contribution is 6.42. The number of amides is 2. The maximum Gasteiger partial charge on any atom is 0.317 e. The fourth-order valence-corrected chi connectivity index (χ4v) is 3.66. The molecule has 0 bridgehead atoms. The van der Waals surface area contributed by atoms with Gasteiger partial charge in [-0.25, -0.2) is 4.79 Å². The molecule has 1 fully saturated rings. The van der Waals surface area contributed by atoms with E-state index >= 15 is 0 Å². The van der Waals surface area contributed by atoms with Crippen LogP contribution in [-0.4, -0.2) is 48.2 Å². The third kappa shape index (κ3) is 8.28. The molecule has 9 heteroatoms. The van der Waals surface area contributed by atoms with Crippen LogP contribution in [0, 0.1) is 0 Å². The lowest BCUT2D eigenvalue weighted by Gasteiger charge is -2.33. The third-order valence-electron chi connectivity index (χ3n) is 4.97. The van der Waals surface area contributed by atoms with Crippen molar-refractivity contribution in [2.45, 2.75) is 31.8 Å². The molecule has 0 radical (unpaired) electrons. The Balaban J connectivity index is 0.00000107. The van der Waals surface area contributed by atoms with Gasteiger partial charge in [-0.05, 0) is 61.2 Å². The smallest absolute Gasteiger partial charge is 0.317 e. The van der Waals surface area contributed by atoms with Crippen molar-refractivity contribution in [3.63, 3.8) is 0 Å². The highest BCUT2D eigenvalue weighted by Gasteiger charge is 2.22. The van der Waals surface area contributed by atoms with E-state index < -0.39 is 0 Å². The van der Waals surface area contributed by atoms with Gasteiger partial charge in [0.05, 0.1) is 10.0 Å². The molecule has 2 aromatic rings. The van der Waals surface area contributed by atoms with Gasteiger partial charge < -0.3 is 26.4 Å². The molecule has 3 rings (SSSR count). The summed E-state index contributed by atoms with van der Waals surface area (Å²) in [5.41, 5.74) is 8.88. The largest absolute Gasteiger partial charge is 0.483 e. The summed E-state index contributed by atoms with van der Waals surface area (Å²) < 4.78 is 0. The quantitative estimate of drug-likeness (QED) is 0.481. The second-order valence-electron chi connectivity index (χ2n) is 7.15. The van der Waals surface area contributed by atoms with Crippen LogP contribution in [0.1, 0.15) is 24.0 Å². The van der Waals surface area contributed by atoms with E-state index in [1.54, 1.807) is 12.1 Å². The number of urea groups is 1. The number of hydrogen-bond acceptors (Lipinski definition) is 4. The first-order chi connectivity index (χ1) is 15.0. The molecule has 0 atom stereocenters. The van der Waals surface area contributed by atoms with Gasteiger partial charge in [-0.3, -0.25) is 4.79 Å². The topological polar surface area (TPSA) is 108 Å². The molecule has 7 nitrogen and oxygen atoms in total. The van der Waals surface area contributed by atoms with E-state index in [0.29, 0.717) is 29.2 Å². The Morgan fingerprint density at radius 3 is 2.29 bits per heavy atom. The summed E-state index contributed by atoms with van der Waals surface area (Å²) in [5.74, 6) is 0. The van der Waals surface area contributed by atoms with E-state index in [1.165, 1.54) is 5.56 Å². The van der Waals surface area contributed by atoms with Crippen molar-refractivity contribution in [3.05, 3.63) is 63.6 Å². The number of carbonyl (C=O) groups is 2. The van der Waals surface area contributed by atoms with Gasteiger partial charge in [-0.2, -0.15) is 0 Å². The van der Waals surface area contributed by atoms with Crippen molar-refractivity contribution in [3.8, 4) is 0 Å². The molecule has 2 aromatic carbocycles. The number of carboxylic acid groups (broad SMARTS) is 1. The Morgan fingerprint density at radius 2 is 1.71 bits per heavy atom. The van der Waals surface area contributed by atoms with E-state index in [1.807, 2.05) is 11.0 Å². The number of nitrogens with zero attached hydrogens (tertiary/aromatic N) is 1. The number of likely N-dealkylation sites (tertiary alicyclic amines) is 1. The summed E-state index contributed by atoms with van der Waals surface area (Å²) in [7, 11) is 0. The van der Waals surface area contributed by atoms with Crippen molar-refractivity contribution in [2.75, 3.05) is 25.0 Å². The first-order valence-electron chi connectivity index (χ1n) is 10.1. The predicted octanol–water partition coefficient (Wildman–Crippen LogP) is 3.98. The summed E-state index contributed by atoms with van der Waals surface area (Å²) in [6.45, 7) is 2.31. The van der Waals surface area contributed by atoms with Crippen LogP contribution >= 0.6 is 23.2 Å². The second kappa shape index (κ2) is 13.0. The van der Waals surface area contributed by atoms with E-state index in [0.717, 1.165) is 43.6 Å². The molecule has 1 heterocycles. The lowest BCUT2D eigenvalue weighted by molar-refractivity contribution is -0.122. The van der Waals surface area contributed by atoms with Crippen LogP contribution < -0.4 is 16.4 Å². The van der Waals surface area contributed by atoms with Crippen LogP contribution in [0.5, 0.6) is 0 Å². The SMILES string of the molecule is NCCc1ccc(NC2CCN(C(=O)NCc3ccc(Cl)c(Cl)c3)CC2)cc1.O=CO. The number of rotatable bonds is 6. The summed E-state index contributed by atoms with van der Waals surface area (Å²) in [6.07, 6.45) is 2.74. The van der Waals surface area contributed by atoms with Gasteiger partial charge >= 0.3 is 6.03 Å². The summed E-state index contributed by atoms with van der Waals surface area (Å²) >= 11 is 11.9. The minimum absolute atomic E-state index is 0.0457. The Morgan fingerprint density at radius 1 is 1.10 bits per heavy atom. The number of nitrogens with one attached hydrogen (secondary N) is 2. The Kier molecular flexibility index (Phi) is 10.4. The maximum atomic E-state index is 12.4. The molecule has 0 spiro atoms. The van der Waals surface area contributed by atoms with Crippen LogP contribution in [-0.2, 0) is 17.8 Å². The summed E-state index contributed by atoms with van der Waals surface area (Å²) in [5, 5.41) is 14.4. The first kappa shape index (κ1) is 24.8. The molecule has 5 N–H and O–H groups in total. The number of benzene rings is 2. The Hall–Kier alpha value is -2.48. The molecule has 0 aromatic heterocycles. The fourth-order valence-electron chi connectivity index (χ4n) is 3.34. The maximum absolute atomic E-state index is 12.4. The molecular formula is C22H28Cl2N4O3. The van der Waals surface area contributed by atoms with Gasteiger partial charge in [0.15, 0.2) is 0 Å². The molecule has 0 aliphatic carbocycles. The summed E-state index contributed by atoms with van der Waals surface area (Å²) in [6, 6.07) is 14.1. The molecule has 31 heavy (non-hydrogen) atoms. The third-order valence-corrected chi connectivity index (χ3v) is 5.71. The standard InChI is InChI=1S/C21H26Cl2N4O.CH2O2/c22-19-6-3-16(13-20(19)23)14-25-21(28)27-11-8-18(9-12-27)26-17-4-1-15(2-5-17)7-10-24;2-1-3/h1-6,13,18,26H,7-12,14,24H2,(H,25,28);1H,(H,2,3). The predicted molar refractivity (Wildman–Crippen MR) is 125 cm³/mol. The number of nitrogens with two attached hydrogens (primary N) is 1. The number of halogens is 2. The zero-order valence-electron chi connectivity index (χ0n) is 17.2. The molecule has 2 amide bonds. The van der Waals surface area contributed by atoms with Gasteiger partial charge in [-0.1, -0.05) is 41.4 Å². The van der Waals surface area contributed by atoms with Gasteiger partial charge in [0.25, 0.3) is 6.47 Å². The van der Waals surface area contributed by atoms with Gasteiger partial charge in [0.2, 0.25) is 0 Å². The van der Waals surface area contributed by atoms with Gasteiger partial charge in [0.1, 0.15) is 0 Å².